The molecule has 0 heterocycles. The highest BCUT2D eigenvalue weighted by Gasteiger charge is 2.10. The Morgan fingerprint density at radius 1 is 1.24 bits per heavy atom. The van der Waals surface area contributed by atoms with Crippen LogP contribution in [-0.4, -0.2) is 0 Å². The number of rotatable bonds is 2. The van der Waals surface area contributed by atoms with Crippen molar-refractivity contribution in [2.24, 2.45) is 5.73 Å². The van der Waals surface area contributed by atoms with Gasteiger partial charge < -0.3 is 10.5 Å². The molecule has 0 spiro atoms. The van der Waals surface area contributed by atoms with E-state index in [9.17, 15) is 0 Å². The Balaban J connectivity index is 2.16. The van der Waals surface area contributed by atoms with Crippen LogP contribution in [0, 0.1) is 11.3 Å². The first kappa shape index (κ1) is 11.0. The molecule has 0 amide bonds. The highest BCUT2D eigenvalue weighted by Crippen LogP contribution is 2.22. The molecule has 17 heavy (non-hydrogen) atoms. The number of allylic oxidation sites excluding steroid dienone is 4. The van der Waals surface area contributed by atoms with Crippen molar-refractivity contribution in [1.82, 2.24) is 0 Å². The number of nitrogens with two attached hydrogens (primary N) is 1. The van der Waals surface area contributed by atoms with Crippen molar-refractivity contribution in [3.8, 4) is 11.8 Å². The molecule has 3 heteroatoms. The lowest BCUT2D eigenvalue weighted by Crippen LogP contribution is -2.05. The van der Waals surface area contributed by atoms with Gasteiger partial charge in [0.15, 0.2) is 0 Å². The molecule has 1 aromatic rings. The van der Waals surface area contributed by atoms with E-state index in [1.54, 1.807) is 18.4 Å². The topological polar surface area (TPSA) is 59.0 Å². The maximum absolute atomic E-state index is 8.96. The summed E-state index contributed by atoms with van der Waals surface area (Å²) >= 11 is 0. The first-order valence-corrected chi connectivity index (χ1v) is 5.27. The van der Waals surface area contributed by atoms with Gasteiger partial charge in [-0.15, -0.1) is 0 Å². The Labute approximate surface area is 100 Å². The summed E-state index contributed by atoms with van der Waals surface area (Å²) in [5.74, 6) is 0.741. The number of benzene rings is 1. The highest BCUT2D eigenvalue weighted by atomic mass is 16.5. The van der Waals surface area contributed by atoms with Gasteiger partial charge in [-0.05, 0) is 24.3 Å². The minimum atomic E-state index is 0.548. The van der Waals surface area contributed by atoms with Crippen LogP contribution in [0.25, 0.3) is 0 Å². The minimum Gasteiger partial charge on any atom is -0.465 e. The van der Waals surface area contributed by atoms with Crippen LogP contribution < -0.4 is 10.5 Å². The lowest BCUT2D eigenvalue weighted by molar-refractivity contribution is 0.475. The summed E-state index contributed by atoms with van der Waals surface area (Å²) in [7, 11) is 0. The third-order valence-corrected chi connectivity index (χ3v) is 2.41. The standard InChI is InChI=1S/C14H12N2O/c15-9-11-6-7-13(16)8-12(11)10-17-14-4-2-1-3-5-14/h1-7,10H,8,16H2. The van der Waals surface area contributed by atoms with E-state index in [0.29, 0.717) is 12.0 Å². The van der Waals surface area contributed by atoms with Crippen molar-refractivity contribution in [3.05, 3.63) is 65.6 Å². The number of nitriles is 1. The van der Waals surface area contributed by atoms with Gasteiger partial charge in [-0.2, -0.15) is 5.26 Å². The van der Waals surface area contributed by atoms with Crippen LogP contribution in [0.1, 0.15) is 6.42 Å². The van der Waals surface area contributed by atoms with Crippen molar-refractivity contribution in [2.45, 2.75) is 6.42 Å². The molecule has 0 aromatic heterocycles. The van der Waals surface area contributed by atoms with Gasteiger partial charge in [0.1, 0.15) is 5.75 Å². The molecule has 3 nitrogen and oxygen atoms in total. The molecule has 0 saturated carbocycles. The molecule has 0 atom stereocenters. The van der Waals surface area contributed by atoms with Crippen molar-refractivity contribution in [2.75, 3.05) is 0 Å². The Morgan fingerprint density at radius 2 is 2.00 bits per heavy atom. The molecule has 1 aliphatic carbocycles. The van der Waals surface area contributed by atoms with E-state index in [0.717, 1.165) is 17.0 Å². The zero-order valence-electron chi connectivity index (χ0n) is 9.26. The summed E-state index contributed by atoms with van der Waals surface area (Å²) in [5.41, 5.74) is 7.85. The smallest absolute Gasteiger partial charge is 0.126 e. The first-order valence-electron chi connectivity index (χ1n) is 5.27. The van der Waals surface area contributed by atoms with E-state index in [1.165, 1.54) is 0 Å². The lowest BCUT2D eigenvalue weighted by atomic mass is 9.98. The average Bonchev–Trinajstić information content (AvgIpc) is 2.38. The van der Waals surface area contributed by atoms with E-state index in [-0.39, 0.29) is 0 Å². The van der Waals surface area contributed by atoms with Crippen LogP contribution in [0.2, 0.25) is 0 Å². The Hall–Kier alpha value is -2.47. The molecule has 0 bridgehead atoms. The van der Waals surface area contributed by atoms with Crippen molar-refractivity contribution in [3.63, 3.8) is 0 Å². The number of hydrogen-bond donors (Lipinski definition) is 1. The SMILES string of the molecule is N#CC1=CC=C(N)CC1=COc1ccccc1. The minimum absolute atomic E-state index is 0.548. The second kappa shape index (κ2) is 5.04. The highest BCUT2D eigenvalue weighted by molar-refractivity contribution is 5.49. The normalized spacial score (nSPS) is 17.0. The van der Waals surface area contributed by atoms with Crippen LogP contribution in [0.4, 0.5) is 0 Å². The van der Waals surface area contributed by atoms with Gasteiger partial charge in [0.2, 0.25) is 0 Å². The van der Waals surface area contributed by atoms with Gasteiger partial charge in [0.25, 0.3) is 0 Å². The quantitative estimate of drug-likeness (QED) is 0.785. The molecular formula is C14H12N2O. The van der Waals surface area contributed by atoms with E-state index >= 15 is 0 Å². The zero-order valence-corrected chi connectivity index (χ0v) is 9.26. The fourth-order valence-electron chi connectivity index (χ4n) is 1.52. The maximum Gasteiger partial charge on any atom is 0.126 e. The van der Waals surface area contributed by atoms with Gasteiger partial charge in [-0.25, -0.2) is 0 Å². The van der Waals surface area contributed by atoms with Gasteiger partial charge in [-0.1, -0.05) is 18.2 Å². The van der Waals surface area contributed by atoms with Crippen LogP contribution in [0.5, 0.6) is 5.75 Å². The zero-order chi connectivity index (χ0) is 12.1. The number of hydrogen-bond acceptors (Lipinski definition) is 3. The lowest BCUT2D eigenvalue weighted by Gasteiger charge is -2.11. The van der Waals surface area contributed by atoms with Crippen molar-refractivity contribution >= 4 is 0 Å². The molecule has 0 saturated heterocycles. The van der Waals surface area contributed by atoms with Gasteiger partial charge in [0, 0.05) is 17.7 Å². The summed E-state index contributed by atoms with van der Waals surface area (Å²) in [5, 5.41) is 8.96. The summed E-state index contributed by atoms with van der Waals surface area (Å²) in [6, 6.07) is 11.5. The van der Waals surface area contributed by atoms with Crippen molar-refractivity contribution < 1.29 is 4.74 Å². The van der Waals surface area contributed by atoms with Gasteiger partial charge in [0.05, 0.1) is 17.9 Å². The van der Waals surface area contributed by atoms with Crippen molar-refractivity contribution in [1.29, 1.82) is 5.26 Å². The Bertz CT molecular complexity index is 533. The monoisotopic (exact) mass is 224 g/mol. The summed E-state index contributed by atoms with van der Waals surface area (Å²) in [4.78, 5) is 0. The van der Waals surface area contributed by atoms with Crippen LogP contribution >= 0.6 is 0 Å². The predicted octanol–water partition coefficient (Wildman–Crippen LogP) is 2.65. The Morgan fingerprint density at radius 3 is 2.71 bits per heavy atom. The molecule has 0 unspecified atom stereocenters. The molecular weight excluding hydrogens is 212 g/mol. The largest absolute Gasteiger partial charge is 0.465 e. The Kier molecular flexibility index (Phi) is 3.27. The third-order valence-electron chi connectivity index (χ3n) is 2.41. The molecule has 1 aliphatic rings. The summed E-state index contributed by atoms with van der Waals surface area (Å²) < 4.78 is 5.49. The average molecular weight is 224 g/mol. The third kappa shape index (κ3) is 2.76. The second-order valence-electron chi connectivity index (χ2n) is 3.68. The van der Waals surface area contributed by atoms with Crippen LogP contribution in [-0.2, 0) is 0 Å². The van der Waals surface area contributed by atoms with Gasteiger partial charge >= 0.3 is 0 Å². The second-order valence-corrected chi connectivity index (χ2v) is 3.68. The van der Waals surface area contributed by atoms with E-state index in [2.05, 4.69) is 6.07 Å². The van der Waals surface area contributed by atoms with Gasteiger partial charge in [-0.3, -0.25) is 0 Å². The number of ether oxygens (including phenoxy) is 1. The molecule has 84 valence electrons. The van der Waals surface area contributed by atoms with Crippen LogP contribution in [0.15, 0.2) is 65.6 Å². The predicted molar refractivity (Wildman–Crippen MR) is 65.7 cm³/mol. The maximum atomic E-state index is 8.96. The van der Waals surface area contributed by atoms with E-state index in [4.69, 9.17) is 15.7 Å². The summed E-state index contributed by atoms with van der Waals surface area (Å²) in [6.45, 7) is 0. The number of nitrogens with zero attached hydrogens (tertiary/aromatic N) is 1. The fraction of sp³-hybridized carbons (Fsp3) is 0.0714. The molecule has 1 aromatic carbocycles. The van der Waals surface area contributed by atoms with Crippen LogP contribution in [0.3, 0.4) is 0 Å². The molecule has 0 aliphatic heterocycles. The molecule has 0 radical (unpaired) electrons. The molecule has 2 rings (SSSR count). The number of para-hydroxylation sites is 1. The van der Waals surface area contributed by atoms with E-state index in [1.807, 2.05) is 30.3 Å². The molecule has 2 N–H and O–H groups in total. The first-order chi connectivity index (χ1) is 8.29. The summed E-state index contributed by atoms with van der Waals surface area (Å²) in [6.07, 6.45) is 5.59. The fourth-order valence-corrected chi connectivity index (χ4v) is 1.52. The molecule has 0 fully saturated rings. The van der Waals surface area contributed by atoms with E-state index < -0.39 is 0 Å².